The monoisotopic (exact) mass is 282 g/mol. The molecule has 0 radical (unpaired) electrons. The molecule has 1 heterocycles. The summed E-state index contributed by atoms with van der Waals surface area (Å²) < 4.78 is 26.3. The van der Waals surface area contributed by atoms with E-state index in [-0.39, 0.29) is 16.9 Å². The molecule has 0 saturated heterocycles. The molecule has 1 amide bonds. The summed E-state index contributed by atoms with van der Waals surface area (Å²) >= 11 is 5.65. The Morgan fingerprint density at radius 1 is 1.32 bits per heavy atom. The molecule has 0 atom stereocenters. The van der Waals surface area contributed by atoms with E-state index in [1.807, 2.05) is 0 Å². The van der Waals surface area contributed by atoms with Gasteiger partial charge in [-0.2, -0.15) is 0 Å². The van der Waals surface area contributed by atoms with Crippen LogP contribution in [0, 0.1) is 18.6 Å². The predicted octanol–water partition coefficient (Wildman–Crippen LogP) is 3.57. The molecule has 19 heavy (non-hydrogen) atoms. The summed E-state index contributed by atoms with van der Waals surface area (Å²) in [6, 6.07) is 5.20. The summed E-state index contributed by atoms with van der Waals surface area (Å²) in [6.07, 6.45) is 1.33. The minimum absolute atomic E-state index is 0.111. The fourth-order valence-corrected chi connectivity index (χ4v) is 1.62. The fourth-order valence-electron chi connectivity index (χ4n) is 1.50. The Kier molecular flexibility index (Phi) is 3.76. The highest BCUT2D eigenvalue weighted by Gasteiger charge is 2.11. The zero-order chi connectivity index (χ0) is 14.0. The highest BCUT2D eigenvalue weighted by Crippen LogP contribution is 2.18. The Balaban J connectivity index is 2.22. The van der Waals surface area contributed by atoms with Gasteiger partial charge >= 0.3 is 0 Å². The van der Waals surface area contributed by atoms with Gasteiger partial charge in [0.2, 0.25) is 0 Å². The molecule has 1 aromatic carbocycles. The lowest BCUT2D eigenvalue weighted by molar-refractivity contribution is 0.102. The summed E-state index contributed by atoms with van der Waals surface area (Å²) in [7, 11) is 0. The summed E-state index contributed by atoms with van der Waals surface area (Å²) in [5, 5.41) is 2.84. The minimum atomic E-state index is -1.01. The zero-order valence-corrected chi connectivity index (χ0v) is 10.6. The molecule has 0 fully saturated rings. The number of nitrogens with zero attached hydrogens (tertiary/aromatic N) is 1. The van der Waals surface area contributed by atoms with E-state index in [1.165, 1.54) is 31.3 Å². The van der Waals surface area contributed by atoms with Crippen molar-refractivity contribution in [3.8, 4) is 0 Å². The first kappa shape index (κ1) is 13.4. The normalized spacial score (nSPS) is 10.3. The van der Waals surface area contributed by atoms with Gasteiger partial charge in [-0.15, -0.1) is 0 Å². The van der Waals surface area contributed by atoms with E-state index in [4.69, 9.17) is 11.6 Å². The summed E-state index contributed by atoms with van der Waals surface area (Å²) in [5.41, 5.74) is 0.407. The van der Waals surface area contributed by atoms with Crippen molar-refractivity contribution >= 4 is 23.2 Å². The topological polar surface area (TPSA) is 42.0 Å². The van der Waals surface area contributed by atoms with Crippen LogP contribution in [0.4, 0.5) is 14.5 Å². The van der Waals surface area contributed by atoms with Crippen molar-refractivity contribution in [2.24, 2.45) is 0 Å². The number of hydrogen-bond acceptors (Lipinski definition) is 2. The molecule has 1 N–H and O–H groups in total. The molecule has 0 unspecified atom stereocenters. The molecule has 6 heteroatoms. The van der Waals surface area contributed by atoms with Crippen LogP contribution in [0.25, 0.3) is 0 Å². The van der Waals surface area contributed by atoms with E-state index in [1.54, 1.807) is 0 Å². The number of nitrogens with one attached hydrogen (secondary N) is 1. The van der Waals surface area contributed by atoms with E-state index in [9.17, 15) is 13.6 Å². The van der Waals surface area contributed by atoms with Gasteiger partial charge in [-0.25, -0.2) is 13.8 Å². The van der Waals surface area contributed by atoms with Crippen molar-refractivity contribution in [2.45, 2.75) is 6.92 Å². The lowest BCUT2D eigenvalue weighted by Gasteiger charge is -2.07. The molecule has 0 aliphatic carbocycles. The van der Waals surface area contributed by atoms with Gasteiger partial charge in [0.05, 0.1) is 5.02 Å². The van der Waals surface area contributed by atoms with Crippen molar-refractivity contribution in [1.29, 1.82) is 0 Å². The van der Waals surface area contributed by atoms with Crippen LogP contribution >= 0.6 is 11.6 Å². The van der Waals surface area contributed by atoms with Gasteiger partial charge in [-0.05, 0) is 30.7 Å². The third kappa shape index (κ3) is 3.06. The molecule has 1 aromatic heterocycles. The first-order valence-corrected chi connectivity index (χ1v) is 5.73. The summed E-state index contributed by atoms with van der Waals surface area (Å²) in [5.74, 6) is -2.47. The van der Waals surface area contributed by atoms with Gasteiger partial charge in [0.1, 0.15) is 5.69 Å². The van der Waals surface area contributed by atoms with Gasteiger partial charge in [0, 0.05) is 18.0 Å². The fraction of sp³-hybridized carbons (Fsp3) is 0.0769. The second-order valence-corrected chi connectivity index (χ2v) is 4.34. The first-order chi connectivity index (χ1) is 8.97. The smallest absolute Gasteiger partial charge is 0.274 e. The van der Waals surface area contributed by atoms with Crippen LogP contribution in [0.5, 0.6) is 0 Å². The number of aryl methyl sites for hydroxylation is 1. The van der Waals surface area contributed by atoms with Crippen LogP contribution in [-0.4, -0.2) is 10.9 Å². The molecule has 0 bridgehead atoms. The Morgan fingerprint density at radius 3 is 2.63 bits per heavy atom. The molecule has 2 aromatic rings. The molecule has 3 nitrogen and oxygen atoms in total. The molecule has 0 saturated carbocycles. The Bertz CT molecular complexity index is 606. The summed E-state index contributed by atoms with van der Waals surface area (Å²) in [4.78, 5) is 15.6. The maximum absolute atomic E-state index is 13.2. The van der Waals surface area contributed by atoms with E-state index in [0.29, 0.717) is 5.02 Å². The lowest BCUT2D eigenvalue weighted by atomic mass is 10.2. The second-order valence-electron chi connectivity index (χ2n) is 3.90. The van der Waals surface area contributed by atoms with E-state index in [2.05, 4.69) is 10.3 Å². The standard InChI is InChI=1S/C13H9ClF2N2O/c1-7-4-9(5-10(15)12(7)16)18-13(19)11-3-2-8(14)6-17-11/h2-6H,1H3,(H,18,19). The highest BCUT2D eigenvalue weighted by atomic mass is 35.5. The van der Waals surface area contributed by atoms with Crippen LogP contribution in [0.1, 0.15) is 16.1 Å². The zero-order valence-electron chi connectivity index (χ0n) is 9.88. The number of halogens is 3. The quantitative estimate of drug-likeness (QED) is 0.915. The van der Waals surface area contributed by atoms with Crippen molar-refractivity contribution in [1.82, 2.24) is 4.98 Å². The SMILES string of the molecule is Cc1cc(NC(=O)c2ccc(Cl)cn2)cc(F)c1F. The van der Waals surface area contributed by atoms with Crippen LogP contribution in [-0.2, 0) is 0 Å². The lowest BCUT2D eigenvalue weighted by Crippen LogP contribution is -2.14. The predicted molar refractivity (Wildman–Crippen MR) is 68.3 cm³/mol. The van der Waals surface area contributed by atoms with Gasteiger partial charge in [0.15, 0.2) is 11.6 Å². The van der Waals surface area contributed by atoms with Crippen molar-refractivity contribution in [3.05, 3.63) is 58.4 Å². The first-order valence-electron chi connectivity index (χ1n) is 5.36. The van der Waals surface area contributed by atoms with Gasteiger partial charge < -0.3 is 5.32 Å². The third-order valence-corrected chi connectivity index (χ3v) is 2.65. The minimum Gasteiger partial charge on any atom is -0.321 e. The Hall–Kier alpha value is -2.01. The Labute approximate surface area is 113 Å². The van der Waals surface area contributed by atoms with Crippen LogP contribution in [0.2, 0.25) is 5.02 Å². The average molecular weight is 283 g/mol. The number of amides is 1. The molecule has 0 aliphatic rings. The molecule has 0 spiro atoms. The van der Waals surface area contributed by atoms with Gasteiger partial charge in [0.25, 0.3) is 5.91 Å². The molecule has 2 rings (SSSR count). The number of anilines is 1. The third-order valence-electron chi connectivity index (χ3n) is 2.43. The highest BCUT2D eigenvalue weighted by molar-refractivity contribution is 6.30. The van der Waals surface area contributed by atoms with E-state index in [0.717, 1.165) is 6.07 Å². The number of carbonyl (C=O) groups is 1. The Morgan fingerprint density at radius 2 is 2.05 bits per heavy atom. The van der Waals surface area contributed by atoms with E-state index < -0.39 is 17.5 Å². The van der Waals surface area contributed by atoms with Crippen LogP contribution in [0.3, 0.4) is 0 Å². The number of rotatable bonds is 2. The maximum atomic E-state index is 13.2. The summed E-state index contributed by atoms with van der Waals surface area (Å²) in [6.45, 7) is 1.41. The average Bonchev–Trinajstić information content (AvgIpc) is 2.36. The number of benzene rings is 1. The van der Waals surface area contributed by atoms with Crippen LogP contribution < -0.4 is 5.32 Å². The second kappa shape index (κ2) is 5.32. The number of aromatic nitrogens is 1. The van der Waals surface area contributed by atoms with Gasteiger partial charge in [-0.1, -0.05) is 11.6 Å². The van der Waals surface area contributed by atoms with E-state index >= 15 is 0 Å². The molecular weight excluding hydrogens is 274 g/mol. The molecule has 0 aliphatic heterocycles. The largest absolute Gasteiger partial charge is 0.321 e. The number of carbonyl (C=O) groups excluding carboxylic acids is 1. The van der Waals surface area contributed by atoms with Crippen molar-refractivity contribution in [2.75, 3.05) is 5.32 Å². The number of pyridine rings is 1. The van der Waals surface area contributed by atoms with Gasteiger partial charge in [-0.3, -0.25) is 4.79 Å². The maximum Gasteiger partial charge on any atom is 0.274 e. The molecular formula is C13H9ClF2N2O. The van der Waals surface area contributed by atoms with Crippen molar-refractivity contribution in [3.63, 3.8) is 0 Å². The van der Waals surface area contributed by atoms with Crippen molar-refractivity contribution < 1.29 is 13.6 Å². The number of hydrogen-bond donors (Lipinski definition) is 1. The van der Waals surface area contributed by atoms with Crippen LogP contribution in [0.15, 0.2) is 30.5 Å². The molecule has 98 valence electrons.